The van der Waals surface area contributed by atoms with Gasteiger partial charge in [0, 0.05) is 32.8 Å². The maximum absolute atomic E-state index is 6.64. The summed E-state index contributed by atoms with van der Waals surface area (Å²) in [4.78, 5) is 10.4. The molecule has 1 aliphatic carbocycles. The number of amidine groups is 2. The number of para-hydroxylation sites is 3. The van der Waals surface area contributed by atoms with Crippen LogP contribution >= 0.6 is 0 Å². The highest BCUT2D eigenvalue weighted by Gasteiger charge is 2.32. The van der Waals surface area contributed by atoms with Crippen LogP contribution in [-0.2, 0) is 0 Å². The van der Waals surface area contributed by atoms with Crippen molar-refractivity contribution in [3.8, 4) is 5.69 Å². The fourth-order valence-electron chi connectivity index (χ4n) is 6.80. The second kappa shape index (κ2) is 10.0. The van der Waals surface area contributed by atoms with Crippen LogP contribution < -0.4 is 5.32 Å². The lowest BCUT2D eigenvalue weighted by atomic mass is 9.97. The van der Waals surface area contributed by atoms with E-state index in [1.54, 1.807) is 0 Å². The maximum Gasteiger partial charge on any atom is 0.217 e. The summed E-state index contributed by atoms with van der Waals surface area (Å²) >= 11 is 0. The predicted octanol–water partition coefficient (Wildman–Crippen LogP) is 8.24. The van der Waals surface area contributed by atoms with Crippen molar-refractivity contribution in [1.82, 2.24) is 4.57 Å². The Morgan fingerprint density at radius 1 is 0.705 bits per heavy atom. The number of nitrogens with two attached hydrogens (primary N) is 1. The largest absolute Gasteiger partial charge is 0.455 e. The minimum Gasteiger partial charge on any atom is -0.455 e. The number of quaternary nitrogens is 1. The van der Waals surface area contributed by atoms with Crippen molar-refractivity contribution in [2.75, 3.05) is 0 Å². The summed E-state index contributed by atoms with van der Waals surface area (Å²) in [5.74, 6) is 1.99. The van der Waals surface area contributed by atoms with Gasteiger partial charge in [-0.05, 0) is 36.8 Å². The number of nitrogens with zero attached hydrogens (tertiary/aromatic N) is 3. The fourth-order valence-corrected chi connectivity index (χ4v) is 6.80. The van der Waals surface area contributed by atoms with Crippen LogP contribution in [0.25, 0.3) is 49.4 Å². The van der Waals surface area contributed by atoms with Crippen LogP contribution in [0.5, 0.6) is 0 Å². The normalized spacial score (nSPS) is 18.4. The molecule has 9 rings (SSSR count). The first-order chi connectivity index (χ1) is 21.8. The lowest BCUT2D eigenvalue weighted by molar-refractivity contribution is -0.591. The van der Waals surface area contributed by atoms with Gasteiger partial charge in [0.2, 0.25) is 12.0 Å². The SMILES string of the molecule is C1=CCC(C2=NC(c3ccccc3)=NC(c3cc(-n4c5ccccc5c5ccccc54)cc4c3oc3ccccc34)[NH2+]2)C=C1. The molecule has 2 aliphatic rings. The molecule has 5 nitrogen and oxygen atoms in total. The highest BCUT2D eigenvalue weighted by Crippen LogP contribution is 2.39. The molecule has 0 bridgehead atoms. The highest BCUT2D eigenvalue weighted by molar-refractivity contribution is 6.11. The Balaban J connectivity index is 1.31. The van der Waals surface area contributed by atoms with Crippen LogP contribution in [0, 0.1) is 5.92 Å². The van der Waals surface area contributed by atoms with Crippen LogP contribution in [-0.4, -0.2) is 16.2 Å². The number of fused-ring (bicyclic) bond motifs is 6. The van der Waals surface area contributed by atoms with Gasteiger partial charge < -0.3 is 8.98 Å². The van der Waals surface area contributed by atoms with Gasteiger partial charge in [0.05, 0.1) is 22.5 Å². The zero-order valence-electron chi connectivity index (χ0n) is 24.0. The number of allylic oxidation sites excluding steroid dienone is 3. The third-order valence-corrected chi connectivity index (χ3v) is 8.87. The summed E-state index contributed by atoms with van der Waals surface area (Å²) in [6.45, 7) is 0. The monoisotopic (exact) mass is 569 g/mol. The molecule has 0 saturated carbocycles. The summed E-state index contributed by atoms with van der Waals surface area (Å²) in [5.41, 5.74) is 7.23. The number of aromatic nitrogens is 1. The molecule has 0 radical (unpaired) electrons. The molecule has 2 unspecified atom stereocenters. The lowest BCUT2D eigenvalue weighted by Crippen LogP contribution is -2.91. The van der Waals surface area contributed by atoms with Gasteiger partial charge in [0.25, 0.3) is 0 Å². The Morgan fingerprint density at radius 2 is 1.41 bits per heavy atom. The third-order valence-electron chi connectivity index (χ3n) is 8.87. The first-order valence-corrected chi connectivity index (χ1v) is 15.2. The van der Waals surface area contributed by atoms with Crippen molar-refractivity contribution in [2.24, 2.45) is 15.9 Å². The second-order valence-electron chi connectivity index (χ2n) is 11.5. The maximum atomic E-state index is 6.64. The van der Waals surface area contributed by atoms with E-state index in [2.05, 4.69) is 125 Å². The van der Waals surface area contributed by atoms with Gasteiger partial charge in [-0.15, -0.1) is 0 Å². The molecule has 0 fully saturated rings. The average Bonchev–Trinajstić information content (AvgIpc) is 3.64. The Labute approximate surface area is 254 Å². The number of aliphatic imine (C=N–C) groups is 2. The van der Waals surface area contributed by atoms with Crippen molar-refractivity contribution in [3.05, 3.63) is 151 Å². The van der Waals surface area contributed by atoms with E-state index in [0.29, 0.717) is 0 Å². The molecule has 1 aliphatic heterocycles. The number of rotatable bonds is 4. The summed E-state index contributed by atoms with van der Waals surface area (Å²) in [7, 11) is 0. The van der Waals surface area contributed by atoms with Gasteiger partial charge in [0.15, 0.2) is 5.84 Å². The van der Waals surface area contributed by atoms with Crippen LogP contribution in [0.2, 0.25) is 0 Å². The Bertz CT molecular complexity index is 2300. The number of benzene rings is 5. The van der Waals surface area contributed by atoms with E-state index < -0.39 is 0 Å². The van der Waals surface area contributed by atoms with Crippen molar-refractivity contribution >= 4 is 55.4 Å². The highest BCUT2D eigenvalue weighted by atomic mass is 16.3. The van der Waals surface area contributed by atoms with E-state index in [1.165, 1.54) is 21.8 Å². The molecule has 2 aromatic heterocycles. The van der Waals surface area contributed by atoms with E-state index in [4.69, 9.17) is 14.4 Å². The molecule has 2 atom stereocenters. The van der Waals surface area contributed by atoms with E-state index in [1.807, 2.05) is 24.3 Å². The Kier molecular flexibility index (Phi) is 5.71. The first kappa shape index (κ1) is 25.0. The van der Waals surface area contributed by atoms with Crippen molar-refractivity contribution < 1.29 is 9.73 Å². The topological polar surface area (TPSA) is 59.4 Å². The predicted molar refractivity (Wildman–Crippen MR) is 180 cm³/mol. The summed E-state index contributed by atoms with van der Waals surface area (Å²) in [6.07, 6.45) is 9.33. The van der Waals surface area contributed by atoms with Crippen molar-refractivity contribution in [2.45, 2.75) is 12.6 Å². The van der Waals surface area contributed by atoms with Gasteiger partial charge in [0.1, 0.15) is 11.2 Å². The molecule has 5 aromatic carbocycles. The molecular formula is C39H29N4O+. The van der Waals surface area contributed by atoms with Gasteiger partial charge in [-0.2, -0.15) is 4.99 Å². The number of furan rings is 1. The van der Waals surface area contributed by atoms with Crippen LogP contribution in [0.3, 0.4) is 0 Å². The average molecular weight is 570 g/mol. The van der Waals surface area contributed by atoms with Gasteiger partial charge in [-0.1, -0.05) is 109 Å². The fraction of sp³-hybridized carbons (Fsp3) is 0.0769. The molecule has 0 amide bonds. The summed E-state index contributed by atoms with van der Waals surface area (Å²) < 4.78 is 9.02. The van der Waals surface area contributed by atoms with Crippen LogP contribution in [0.15, 0.2) is 154 Å². The Morgan fingerprint density at radius 3 is 2.16 bits per heavy atom. The van der Waals surface area contributed by atoms with Crippen molar-refractivity contribution in [1.29, 1.82) is 0 Å². The third kappa shape index (κ3) is 3.98. The standard InChI is InChI=1S/C39H28N4O/c1-3-13-25(14-4-1)37-40-38(26-15-5-2-6-16-26)42-39(41-37)32-24-27(23-31-30-19-9-12-22-35(30)44-36(31)32)43-33-20-10-7-17-28(33)29-18-8-11-21-34(29)43/h1-15,17-24,26,39H,16H2,(H,40,41,42)/p+1. The zero-order valence-corrected chi connectivity index (χ0v) is 24.0. The smallest absolute Gasteiger partial charge is 0.217 e. The van der Waals surface area contributed by atoms with E-state index in [-0.39, 0.29) is 12.1 Å². The van der Waals surface area contributed by atoms with Crippen LogP contribution in [0.1, 0.15) is 23.7 Å². The number of hydrogen-bond acceptors (Lipinski definition) is 3. The molecule has 0 saturated heterocycles. The summed E-state index contributed by atoms with van der Waals surface area (Å²) in [6, 6.07) is 40.5. The zero-order chi connectivity index (χ0) is 29.0. The Hall–Kier alpha value is -5.52. The van der Waals surface area contributed by atoms with E-state index in [9.17, 15) is 0 Å². The van der Waals surface area contributed by atoms with Crippen LogP contribution in [0.4, 0.5) is 0 Å². The molecule has 3 heterocycles. The molecule has 2 N–H and O–H groups in total. The van der Waals surface area contributed by atoms with Gasteiger partial charge >= 0.3 is 0 Å². The molecule has 210 valence electrons. The summed E-state index contributed by atoms with van der Waals surface area (Å²) in [5, 5.41) is 6.90. The second-order valence-corrected chi connectivity index (χ2v) is 11.5. The minimum absolute atomic E-state index is 0.198. The van der Waals surface area contributed by atoms with E-state index >= 15 is 0 Å². The lowest BCUT2D eigenvalue weighted by Gasteiger charge is -2.23. The number of hydrogen-bond donors (Lipinski definition) is 1. The molecule has 0 spiro atoms. The molecule has 44 heavy (non-hydrogen) atoms. The first-order valence-electron chi connectivity index (χ1n) is 15.2. The quantitative estimate of drug-likeness (QED) is 0.228. The molecule has 5 heteroatoms. The van der Waals surface area contributed by atoms with Gasteiger partial charge in [-0.25, -0.2) is 4.99 Å². The van der Waals surface area contributed by atoms with Gasteiger partial charge in [-0.3, -0.25) is 5.32 Å². The van der Waals surface area contributed by atoms with E-state index in [0.717, 1.165) is 56.8 Å². The minimum atomic E-state index is -0.270. The molecular weight excluding hydrogens is 540 g/mol. The van der Waals surface area contributed by atoms with Crippen molar-refractivity contribution in [3.63, 3.8) is 0 Å². The molecule has 7 aromatic rings.